The lowest BCUT2D eigenvalue weighted by molar-refractivity contribution is 0.0269. The molecule has 25 heavy (non-hydrogen) atoms. The summed E-state index contributed by atoms with van der Waals surface area (Å²) >= 11 is 0. The Balaban J connectivity index is 1.67. The topological polar surface area (TPSA) is 90.6 Å². The zero-order valence-electron chi connectivity index (χ0n) is 14.4. The van der Waals surface area contributed by atoms with E-state index >= 15 is 0 Å². The zero-order chi connectivity index (χ0) is 17.8. The number of aromatic nitrogens is 2. The van der Waals surface area contributed by atoms with E-state index in [0.29, 0.717) is 17.9 Å². The van der Waals surface area contributed by atoms with Gasteiger partial charge in [-0.25, -0.2) is 9.78 Å². The van der Waals surface area contributed by atoms with E-state index in [4.69, 9.17) is 15.2 Å². The number of anilines is 2. The van der Waals surface area contributed by atoms with Crippen LogP contribution in [-0.2, 0) is 4.74 Å². The summed E-state index contributed by atoms with van der Waals surface area (Å²) in [6.07, 6.45) is 3.18. The van der Waals surface area contributed by atoms with E-state index in [1.165, 1.54) is 0 Å². The predicted molar refractivity (Wildman–Crippen MR) is 94.8 cm³/mol. The monoisotopic (exact) mass is 342 g/mol. The first-order valence-corrected chi connectivity index (χ1v) is 8.26. The molecule has 0 radical (unpaired) electrons. The summed E-state index contributed by atoms with van der Waals surface area (Å²) in [6.45, 7) is 3.37. The van der Waals surface area contributed by atoms with E-state index in [1.54, 1.807) is 25.4 Å². The molecule has 1 aromatic heterocycles. The molecule has 3 rings (SSSR count). The van der Waals surface area contributed by atoms with Crippen molar-refractivity contribution in [1.82, 2.24) is 9.97 Å². The van der Waals surface area contributed by atoms with Gasteiger partial charge in [0.1, 0.15) is 17.7 Å². The van der Waals surface area contributed by atoms with Crippen LogP contribution in [0.3, 0.4) is 0 Å². The van der Waals surface area contributed by atoms with Gasteiger partial charge in [0.25, 0.3) is 0 Å². The number of aryl methyl sites for hydroxylation is 1. The molecule has 132 valence electrons. The molecule has 1 aromatic carbocycles. The first-order valence-electron chi connectivity index (χ1n) is 8.26. The SMILES string of the molecule is COc1cc(C(=O)OC2CCCN(c3ccnc(N)n3)C2)ccc1C. The number of esters is 1. The van der Waals surface area contributed by atoms with E-state index < -0.39 is 0 Å². The van der Waals surface area contributed by atoms with Gasteiger partial charge in [-0.3, -0.25) is 0 Å². The number of hydrogen-bond acceptors (Lipinski definition) is 7. The highest BCUT2D eigenvalue weighted by atomic mass is 16.5. The molecule has 7 nitrogen and oxygen atoms in total. The van der Waals surface area contributed by atoms with Gasteiger partial charge in [0, 0.05) is 12.7 Å². The summed E-state index contributed by atoms with van der Waals surface area (Å²) in [5.74, 6) is 1.33. The van der Waals surface area contributed by atoms with Crippen LogP contribution in [0.1, 0.15) is 28.8 Å². The molecule has 0 amide bonds. The Hall–Kier alpha value is -2.83. The van der Waals surface area contributed by atoms with Crippen LogP contribution in [0.25, 0.3) is 0 Å². The summed E-state index contributed by atoms with van der Waals surface area (Å²) in [4.78, 5) is 22.7. The van der Waals surface area contributed by atoms with Crippen molar-refractivity contribution >= 4 is 17.7 Å². The van der Waals surface area contributed by atoms with Crippen molar-refractivity contribution in [3.8, 4) is 5.75 Å². The normalized spacial score (nSPS) is 17.2. The third-order valence-electron chi connectivity index (χ3n) is 4.28. The molecule has 0 spiro atoms. The van der Waals surface area contributed by atoms with Crippen molar-refractivity contribution in [1.29, 1.82) is 0 Å². The molecule has 1 atom stereocenters. The van der Waals surface area contributed by atoms with Gasteiger partial charge >= 0.3 is 5.97 Å². The summed E-state index contributed by atoms with van der Waals surface area (Å²) in [6, 6.07) is 7.13. The molecule has 1 aliphatic heterocycles. The first-order chi connectivity index (χ1) is 12.1. The number of benzene rings is 1. The van der Waals surface area contributed by atoms with Gasteiger partial charge in [-0.2, -0.15) is 4.98 Å². The van der Waals surface area contributed by atoms with Gasteiger partial charge in [0.05, 0.1) is 19.2 Å². The van der Waals surface area contributed by atoms with Crippen molar-refractivity contribution in [2.24, 2.45) is 0 Å². The fourth-order valence-electron chi connectivity index (χ4n) is 2.95. The number of hydrogen-bond donors (Lipinski definition) is 1. The summed E-state index contributed by atoms with van der Waals surface area (Å²) in [7, 11) is 1.59. The minimum Gasteiger partial charge on any atom is -0.496 e. The Kier molecular flexibility index (Phi) is 5.02. The molecule has 2 heterocycles. The molecule has 1 fully saturated rings. The minimum absolute atomic E-state index is 0.190. The van der Waals surface area contributed by atoms with Crippen molar-refractivity contribution in [2.75, 3.05) is 30.8 Å². The Labute approximate surface area is 146 Å². The van der Waals surface area contributed by atoms with Crippen LogP contribution in [-0.4, -0.2) is 42.2 Å². The van der Waals surface area contributed by atoms with Gasteiger partial charge in [0.2, 0.25) is 5.95 Å². The highest BCUT2D eigenvalue weighted by molar-refractivity contribution is 5.90. The fraction of sp³-hybridized carbons (Fsp3) is 0.389. The van der Waals surface area contributed by atoms with Crippen molar-refractivity contribution in [2.45, 2.75) is 25.9 Å². The van der Waals surface area contributed by atoms with Gasteiger partial charge in [-0.1, -0.05) is 6.07 Å². The van der Waals surface area contributed by atoms with Crippen LogP contribution in [0.4, 0.5) is 11.8 Å². The Bertz CT molecular complexity index is 766. The molecule has 1 aliphatic rings. The summed E-state index contributed by atoms with van der Waals surface area (Å²) < 4.78 is 11.0. The highest BCUT2D eigenvalue weighted by Crippen LogP contribution is 2.23. The number of rotatable bonds is 4. The number of piperidine rings is 1. The molecule has 7 heteroatoms. The second-order valence-corrected chi connectivity index (χ2v) is 6.07. The smallest absolute Gasteiger partial charge is 0.338 e. The van der Waals surface area contributed by atoms with E-state index in [1.807, 2.05) is 19.1 Å². The lowest BCUT2D eigenvalue weighted by Gasteiger charge is -2.33. The van der Waals surface area contributed by atoms with Crippen molar-refractivity contribution in [3.63, 3.8) is 0 Å². The minimum atomic E-state index is -0.340. The van der Waals surface area contributed by atoms with E-state index in [-0.39, 0.29) is 18.0 Å². The maximum Gasteiger partial charge on any atom is 0.338 e. The van der Waals surface area contributed by atoms with Gasteiger partial charge in [0.15, 0.2) is 0 Å². The number of nitrogens with zero attached hydrogens (tertiary/aromatic N) is 3. The predicted octanol–water partition coefficient (Wildman–Crippen LogP) is 2.20. The third kappa shape index (κ3) is 3.99. The number of nitrogen functional groups attached to an aromatic ring is 1. The number of methoxy groups -OCH3 is 1. The number of carbonyl (C=O) groups is 1. The molecule has 0 bridgehead atoms. The molecular weight excluding hydrogens is 320 g/mol. The van der Waals surface area contributed by atoms with Crippen LogP contribution in [0.5, 0.6) is 5.75 Å². The Morgan fingerprint density at radius 3 is 2.96 bits per heavy atom. The average molecular weight is 342 g/mol. The van der Waals surface area contributed by atoms with Gasteiger partial charge in [-0.05, 0) is 43.5 Å². The van der Waals surface area contributed by atoms with Crippen LogP contribution in [0.2, 0.25) is 0 Å². The average Bonchev–Trinajstić information content (AvgIpc) is 2.62. The van der Waals surface area contributed by atoms with E-state index in [9.17, 15) is 4.79 Å². The highest BCUT2D eigenvalue weighted by Gasteiger charge is 2.25. The van der Waals surface area contributed by atoms with Crippen LogP contribution in [0.15, 0.2) is 30.5 Å². The number of carbonyl (C=O) groups excluding carboxylic acids is 1. The number of nitrogens with two attached hydrogens (primary N) is 1. The van der Waals surface area contributed by atoms with E-state index in [0.717, 1.165) is 30.8 Å². The third-order valence-corrected chi connectivity index (χ3v) is 4.28. The van der Waals surface area contributed by atoms with Gasteiger partial charge < -0.3 is 20.1 Å². The zero-order valence-corrected chi connectivity index (χ0v) is 14.4. The second-order valence-electron chi connectivity index (χ2n) is 6.07. The maximum absolute atomic E-state index is 12.4. The number of ether oxygens (including phenoxy) is 2. The molecular formula is C18H22N4O3. The van der Waals surface area contributed by atoms with Crippen LogP contribution >= 0.6 is 0 Å². The molecule has 0 aliphatic carbocycles. The largest absolute Gasteiger partial charge is 0.496 e. The van der Waals surface area contributed by atoms with Crippen LogP contribution < -0.4 is 15.4 Å². The molecule has 0 saturated carbocycles. The quantitative estimate of drug-likeness (QED) is 0.852. The molecule has 2 N–H and O–H groups in total. The van der Waals surface area contributed by atoms with E-state index in [2.05, 4.69) is 14.9 Å². The van der Waals surface area contributed by atoms with Crippen molar-refractivity contribution < 1.29 is 14.3 Å². The lowest BCUT2D eigenvalue weighted by Crippen LogP contribution is -2.41. The molecule has 1 saturated heterocycles. The lowest BCUT2D eigenvalue weighted by atomic mass is 10.1. The Morgan fingerprint density at radius 1 is 1.36 bits per heavy atom. The second kappa shape index (κ2) is 7.38. The Morgan fingerprint density at radius 2 is 2.20 bits per heavy atom. The molecule has 2 aromatic rings. The maximum atomic E-state index is 12.4. The summed E-state index contributed by atoms with van der Waals surface area (Å²) in [5.41, 5.74) is 7.12. The van der Waals surface area contributed by atoms with Crippen molar-refractivity contribution in [3.05, 3.63) is 41.6 Å². The van der Waals surface area contributed by atoms with Gasteiger partial charge in [-0.15, -0.1) is 0 Å². The standard InChI is InChI=1S/C18H22N4O3/c1-12-5-6-13(10-15(12)24-2)17(23)25-14-4-3-9-22(11-14)16-7-8-20-18(19)21-16/h5-8,10,14H,3-4,9,11H2,1-2H3,(H2,19,20,21). The van der Waals surface area contributed by atoms with Crippen LogP contribution in [0, 0.1) is 6.92 Å². The fourth-order valence-corrected chi connectivity index (χ4v) is 2.95. The first kappa shape index (κ1) is 17.0. The summed E-state index contributed by atoms with van der Waals surface area (Å²) in [5, 5.41) is 0. The molecule has 1 unspecified atom stereocenters.